The van der Waals surface area contributed by atoms with E-state index in [9.17, 15) is 9.59 Å². The molecule has 0 unspecified atom stereocenters. The number of nitrogens with zero attached hydrogens (tertiary/aromatic N) is 3. The van der Waals surface area contributed by atoms with Crippen molar-refractivity contribution in [2.75, 3.05) is 0 Å². The third kappa shape index (κ3) is 0.915. The Hall–Kier alpha value is -1.85. The molecule has 0 spiro atoms. The van der Waals surface area contributed by atoms with Gasteiger partial charge in [-0.05, 0) is 0 Å². The summed E-state index contributed by atoms with van der Waals surface area (Å²) < 4.78 is 44.7. The maximum absolute atomic E-state index is 11.8. The molecule has 68 valence electrons. The highest BCUT2D eigenvalue weighted by molar-refractivity contribution is 5.69. The van der Waals surface area contributed by atoms with Gasteiger partial charge in [0, 0.05) is 19.5 Å². The average molecular weight is 186 g/mol. The predicted molar refractivity (Wildman–Crippen MR) is 46.6 cm³/mol. The first-order valence-electron chi connectivity index (χ1n) is 6.39. The van der Waals surface area contributed by atoms with Gasteiger partial charge in [0.25, 0.3) is 5.56 Å². The van der Waals surface area contributed by atoms with E-state index in [-0.39, 0.29) is 9.54 Å². The maximum Gasteiger partial charge on any atom is 0.329 e. The topological polar surface area (TPSA) is 72.7 Å². The molecule has 0 aliphatic heterocycles. The van der Waals surface area contributed by atoms with E-state index in [4.69, 9.17) is 8.27 Å². The number of aromatic amines is 1. The van der Waals surface area contributed by atoms with Gasteiger partial charge in [0.15, 0.2) is 12.6 Å². The molecule has 13 heavy (non-hydrogen) atoms. The lowest BCUT2D eigenvalue weighted by atomic mass is 10.5. The molecule has 1 N–H and O–H groups in total. The Morgan fingerprint density at radius 3 is 3.31 bits per heavy atom. The molecule has 2 heterocycles. The summed E-state index contributed by atoms with van der Waals surface area (Å²) in [5, 5.41) is 0. The quantitative estimate of drug-likeness (QED) is 0.571. The van der Waals surface area contributed by atoms with E-state index < -0.39 is 42.7 Å². The Balaban J connectivity index is 3.16. The molecule has 2 rings (SSSR count). The normalized spacial score (nSPS) is 18.5. The molecule has 2 aromatic rings. The number of nitrogens with one attached hydrogen (secondary N) is 1. The number of aryl methyl sites for hydroxylation is 2. The number of hydrogen-bond acceptors (Lipinski definition) is 3. The minimum atomic E-state index is -2.94. The van der Waals surface area contributed by atoms with Crippen molar-refractivity contribution in [3.05, 3.63) is 27.1 Å². The summed E-state index contributed by atoms with van der Waals surface area (Å²) in [6, 6.07) is 0. The van der Waals surface area contributed by atoms with Gasteiger partial charge in [0.1, 0.15) is 1.37 Å². The van der Waals surface area contributed by atoms with Gasteiger partial charge in [-0.1, -0.05) is 0 Å². The summed E-state index contributed by atoms with van der Waals surface area (Å²) in [6.07, 6.45) is -0.522. The Kier molecular flexibility index (Phi) is 0.622. The van der Waals surface area contributed by atoms with Crippen LogP contribution in [0.5, 0.6) is 0 Å². The van der Waals surface area contributed by atoms with E-state index in [1.54, 1.807) is 0 Å². The fraction of sp³-hybridized carbons (Fsp3) is 0.286. The van der Waals surface area contributed by atoms with Gasteiger partial charge in [-0.15, -0.1) is 0 Å². The number of imidazole rings is 1. The van der Waals surface area contributed by atoms with Crippen LogP contribution < -0.4 is 11.2 Å². The number of hydrogen-bond donors (Lipinski definition) is 1. The first-order chi connectivity index (χ1) is 8.70. The minimum absolute atomic E-state index is 0.123. The summed E-state index contributed by atoms with van der Waals surface area (Å²) in [5.41, 5.74) is -3.42. The number of H-pyrrole nitrogens is 1. The number of aromatic nitrogens is 4. The lowest BCUT2D eigenvalue weighted by Crippen LogP contribution is -2.28. The second kappa shape index (κ2) is 2.32. The van der Waals surface area contributed by atoms with Crippen LogP contribution in [-0.4, -0.2) is 19.1 Å². The standard InChI is InChI=1S/C7H8N4O2/c1-10-3-8-5-4(10)6(12)9-7(13)11(5)2/h3H,1-2H3,(H,9,12,13)/i1D,2D3,3D/hD. The first-order valence-corrected chi connectivity index (χ1v) is 3.24. The van der Waals surface area contributed by atoms with Gasteiger partial charge in [-0.2, -0.15) is 0 Å². The highest BCUT2D eigenvalue weighted by Gasteiger charge is 2.08. The zero-order valence-corrected chi connectivity index (χ0v) is 6.31. The maximum atomic E-state index is 11.8. The molecule has 0 radical (unpaired) electrons. The van der Waals surface area contributed by atoms with Crippen molar-refractivity contribution in [3.63, 3.8) is 0 Å². The Bertz CT molecular complexity index is 769. The van der Waals surface area contributed by atoms with Gasteiger partial charge in [-0.25, -0.2) is 9.78 Å². The van der Waals surface area contributed by atoms with Crippen LogP contribution in [-0.2, 0) is 14.0 Å². The Morgan fingerprint density at radius 1 is 1.77 bits per heavy atom. The van der Waals surface area contributed by atoms with Gasteiger partial charge < -0.3 is 4.57 Å². The Morgan fingerprint density at radius 2 is 2.62 bits per heavy atom. The van der Waals surface area contributed by atoms with E-state index >= 15 is 0 Å². The fourth-order valence-corrected chi connectivity index (χ4v) is 0.979. The van der Waals surface area contributed by atoms with E-state index in [1.165, 1.54) is 0 Å². The van der Waals surface area contributed by atoms with E-state index in [1.807, 2.05) is 0 Å². The molecule has 0 aliphatic carbocycles. The third-order valence-electron chi connectivity index (χ3n) is 1.56. The summed E-state index contributed by atoms with van der Waals surface area (Å²) in [5.74, 6) is 0. The third-order valence-corrected chi connectivity index (χ3v) is 1.56. The molecule has 0 atom stereocenters. The lowest BCUT2D eigenvalue weighted by Gasteiger charge is -1.97. The Labute approximate surface area is 80.9 Å². The molecule has 0 bridgehead atoms. The monoisotopic (exact) mass is 186 g/mol. The zero-order valence-electron chi connectivity index (χ0n) is 12.3. The van der Waals surface area contributed by atoms with Gasteiger partial charge >= 0.3 is 5.69 Å². The van der Waals surface area contributed by atoms with E-state index in [0.717, 1.165) is 4.57 Å². The van der Waals surface area contributed by atoms with Crippen molar-refractivity contribution >= 4 is 11.2 Å². The molecule has 0 saturated heterocycles. The van der Waals surface area contributed by atoms with Crippen LogP contribution in [0.1, 0.15) is 6.85 Å². The molecule has 0 saturated carbocycles. The summed E-state index contributed by atoms with van der Waals surface area (Å²) >= 11 is 0. The highest BCUT2D eigenvalue weighted by atomic mass is 16.2. The van der Waals surface area contributed by atoms with Crippen molar-refractivity contribution in [1.82, 2.24) is 19.1 Å². The fourth-order valence-electron chi connectivity index (χ4n) is 0.979. The second-order valence-electron chi connectivity index (χ2n) is 2.35. The number of fused-ring (bicyclic) bond motifs is 1. The van der Waals surface area contributed by atoms with Crippen molar-refractivity contribution in [1.29, 1.82) is 0 Å². The summed E-state index contributed by atoms with van der Waals surface area (Å²) in [4.78, 5) is 26.9. The lowest BCUT2D eigenvalue weighted by molar-refractivity contribution is 0.829. The van der Waals surface area contributed by atoms with Crippen molar-refractivity contribution in [2.24, 2.45) is 14.0 Å². The van der Waals surface area contributed by atoms with Crippen LogP contribution in [0.4, 0.5) is 0 Å². The molecule has 6 nitrogen and oxygen atoms in total. The largest absolute Gasteiger partial charge is 0.329 e. The van der Waals surface area contributed by atoms with Crippen LogP contribution in [0.15, 0.2) is 15.9 Å². The average Bonchev–Trinajstić information content (AvgIpc) is 2.60. The summed E-state index contributed by atoms with van der Waals surface area (Å²) in [7, 11) is -0.552. The van der Waals surface area contributed by atoms with Crippen LogP contribution >= 0.6 is 0 Å². The second-order valence-corrected chi connectivity index (χ2v) is 2.35. The molecule has 0 aliphatic rings. The predicted octanol–water partition coefficient (Wildman–Crippen LogP) is -1.04. The zero-order chi connectivity index (χ0) is 14.5. The molecule has 0 aromatic carbocycles. The van der Waals surface area contributed by atoms with E-state index in [2.05, 4.69) is 4.98 Å². The highest BCUT2D eigenvalue weighted by Crippen LogP contribution is 2.00. The summed E-state index contributed by atoms with van der Waals surface area (Å²) in [6.45, 7) is -2.94. The van der Waals surface area contributed by atoms with Crippen LogP contribution in [0.3, 0.4) is 0 Å². The molecular weight excluding hydrogens is 172 g/mol. The first kappa shape index (κ1) is 3.49. The van der Waals surface area contributed by atoms with Crippen LogP contribution in [0, 0.1) is 0 Å². The van der Waals surface area contributed by atoms with Crippen molar-refractivity contribution < 1.29 is 8.27 Å². The van der Waals surface area contributed by atoms with Gasteiger partial charge in [0.2, 0.25) is 0 Å². The van der Waals surface area contributed by atoms with E-state index in [0.29, 0.717) is 0 Å². The van der Waals surface area contributed by atoms with Gasteiger partial charge in [0.05, 0.1) is 6.30 Å². The molecule has 6 heteroatoms. The van der Waals surface area contributed by atoms with Crippen molar-refractivity contribution in [3.8, 4) is 0 Å². The van der Waals surface area contributed by atoms with Crippen LogP contribution in [0.25, 0.3) is 11.2 Å². The van der Waals surface area contributed by atoms with Gasteiger partial charge in [-0.3, -0.25) is 14.3 Å². The molecular formula is C7H8N4O2. The number of rotatable bonds is 0. The van der Waals surface area contributed by atoms with Crippen molar-refractivity contribution in [2.45, 2.75) is 0 Å². The van der Waals surface area contributed by atoms with Crippen LogP contribution in [0.2, 0.25) is 1.41 Å². The molecule has 2 aromatic heterocycles. The smallest absolute Gasteiger partial charge is 0.328 e. The SMILES string of the molecule is [2H]Cn1c([2H])nc2c1c(=O)n([2H])c(=O)n2C([2H])([2H])[2H]. The molecule has 0 fully saturated rings. The minimum Gasteiger partial charge on any atom is -0.328 e. The molecule has 0 amide bonds.